The van der Waals surface area contributed by atoms with Gasteiger partial charge in [-0.25, -0.2) is 9.59 Å². The fraction of sp³-hybridized carbons (Fsp3) is 0.200. The Bertz CT molecular complexity index is 1130. The van der Waals surface area contributed by atoms with Crippen LogP contribution in [0.3, 0.4) is 0 Å². The number of dihydropyridines is 1. The molecule has 0 fully saturated rings. The van der Waals surface area contributed by atoms with E-state index < -0.39 is 17.9 Å². The number of carboxylic acid groups (broad SMARTS) is 1. The van der Waals surface area contributed by atoms with Crippen molar-refractivity contribution in [2.75, 3.05) is 13.7 Å². The van der Waals surface area contributed by atoms with E-state index in [-0.39, 0.29) is 17.8 Å². The van der Waals surface area contributed by atoms with Crippen LogP contribution < -0.4 is 10.1 Å². The predicted octanol–water partition coefficient (Wildman–Crippen LogP) is 4.92. The molecule has 2 aromatic rings. The van der Waals surface area contributed by atoms with E-state index in [0.717, 1.165) is 11.3 Å². The third-order valence-corrected chi connectivity index (χ3v) is 5.34. The molecule has 0 saturated carbocycles. The number of ether oxygens (including phenoxy) is 2. The second-order valence-electron chi connectivity index (χ2n) is 7.27. The molecule has 1 atom stereocenters. The van der Waals surface area contributed by atoms with Crippen LogP contribution in [0.25, 0.3) is 6.08 Å². The summed E-state index contributed by atoms with van der Waals surface area (Å²) in [5, 5.41) is 13.3. The number of carbonyl (C=O) groups excluding carboxylic acids is 1. The molecule has 0 saturated heterocycles. The molecule has 1 unspecified atom stereocenters. The van der Waals surface area contributed by atoms with Crippen molar-refractivity contribution in [3.05, 3.63) is 93.3 Å². The van der Waals surface area contributed by atoms with Gasteiger partial charge in [-0.3, -0.25) is 0 Å². The number of hydrogen-bond acceptors (Lipinski definition) is 5. The summed E-state index contributed by atoms with van der Waals surface area (Å²) < 4.78 is 10.7. The van der Waals surface area contributed by atoms with Crippen molar-refractivity contribution in [2.24, 2.45) is 0 Å². The monoisotopic (exact) mass is 453 g/mol. The maximum atomic E-state index is 13.0. The second kappa shape index (κ2) is 10.2. The van der Waals surface area contributed by atoms with Gasteiger partial charge in [0.2, 0.25) is 0 Å². The molecule has 0 aromatic heterocycles. The molecule has 2 N–H and O–H groups in total. The number of rotatable bonds is 7. The lowest BCUT2D eigenvalue weighted by molar-refractivity contribution is -0.138. The molecule has 1 aliphatic rings. The third kappa shape index (κ3) is 5.21. The maximum absolute atomic E-state index is 13.0. The lowest BCUT2D eigenvalue weighted by atomic mass is 9.80. The molecular weight excluding hydrogens is 430 g/mol. The second-order valence-corrected chi connectivity index (χ2v) is 7.71. The van der Waals surface area contributed by atoms with E-state index in [1.807, 2.05) is 30.3 Å². The van der Waals surface area contributed by atoms with E-state index in [0.29, 0.717) is 22.0 Å². The molecule has 6 nitrogen and oxygen atoms in total. The minimum absolute atomic E-state index is 0.0280. The first-order valence-electron chi connectivity index (χ1n) is 9.97. The predicted molar refractivity (Wildman–Crippen MR) is 123 cm³/mol. The molecule has 0 aliphatic carbocycles. The average molecular weight is 454 g/mol. The summed E-state index contributed by atoms with van der Waals surface area (Å²) in [6.07, 6.45) is 3.53. The fourth-order valence-electron chi connectivity index (χ4n) is 3.70. The standard InChI is InChI=1S/C25H24ClNO5/c1-15-21(24(28)29)23(18-9-5-10-19(26)14-18)22(16(2)27-15)25(30)32-12-6-8-17-7-4-11-20(13-17)31-3/h4-11,13-14,23,27H,12H2,1-3H3,(H,28,29)/b8-6+. The number of hydrogen-bond donors (Lipinski definition) is 2. The van der Waals surface area contributed by atoms with Gasteiger partial charge in [0.15, 0.2) is 0 Å². The summed E-state index contributed by atoms with van der Waals surface area (Å²) in [5.74, 6) is -1.79. The summed E-state index contributed by atoms with van der Waals surface area (Å²) in [6, 6.07) is 14.3. The number of carbonyl (C=O) groups is 2. The molecule has 0 spiro atoms. The highest BCUT2D eigenvalue weighted by Gasteiger charge is 2.37. The molecule has 7 heteroatoms. The number of methoxy groups -OCH3 is 1. The van der Waals surface area contributed by atoms with Crippen LogP contribution >= 0.6 is 11.6 Å². The lowest BCUT2D eigenvalue weighted by Crippen LogP contribution is -2.31. The van der Waals surface area contributed by atoms with Crippen molar-refractivity contribution in [3.8, 4) is 5.75 Å². The normalized spacial score (nSPS) is 16.2. The van der Waals surface area contributed by atoms with Gasteiger partial charge in [0.05, 0.1) is 24.2 Å². The van der Waals surface area contributed by atoms with E-state index >= 15 is 0 Å². The van der Waals surface area contributed by atoms with Crippen LogP contribution in [0, 0.1) is 0 Å². The Hall–Kier alpha value is -3.51. The molecule has 3 rings (SSSR count). The quantitative estimate of drug-likeness (QED) is 0.578. The Morgan fingerprint density at radius 3 is 2.50 bits per heavy atom. The van der Waals surface area contributed by atoms with E-state index in [4.69, 9.17) is 21.1 Å². The van der Waals surface area contributed by atoms with Gasteiger partial charge in [0.1, 0.15) is 12.4 Å². The van der Waals surface area contributed by atoms with E-state index in [1.165, 1.54) is 0 Å². The first-order valence-corrected chi connectivity index (χ1v) is 10.3. The summed E-state index contributed by atoms with van der Waals surface area (Å²) in [5.41, 5.74) is 2.84. The van der Waals surface area contributed by atoms with Gasteiger partial charge in [-0.05, 0) is 55.3 Å². The van der Waals surface area contributed by atoms with Crippen LogP contribution in [0.2, 0.25) is 5.02 Å². The number of allylic oxidation sites excluding steroid dienone is 2. The van der Waals surface area contributed by atoms with Gasteiger partial charge in [-0.15, -0.1) is 0 Å². The van der Waals surface area contributed by atoms with Crippen molar-refractivity contribution >= 4 is 29.6 Å². The Morgan fingerprint density at radius 1 is 1.09 bits per heavy atom. The summed E-state index contributed by atoms with van der Waals surface area (Å²) >= 11 is 6.14. The minimum Gasteiger partial charge on any atom is -0.497 e. The smallest absolute Gasteiger partial charge is 0.337 e. The Kier molecular flexibility index (Phi) is 7.38. The topological polar surface area (TPSA) is 84.9 Å². The Labute approximate surface area is 191 Å². The summed E-state index contributed by atoms with van der Waals surface area (Å²) in [6.45, 7) is 3.42. The third-order valence-electron chi connectivity index (χ3n) is 5.11. The zero-order valence-corrected chi connectivity index (χ0v) is 18.8. The molecule has 2 aromatic carbocycles. The van der Waals surface area contributed by atoms with Crippen molar-refractivity contribution in [1.29, 1.82) is 0 Å². The largest absolute Gasteiger partial charge is 0.497 e. The summed E-state index contributed by atoms with van der Waals surface area (Å²) in [4.78, 5) is 25.1. The molecular formula is C25H24ClNO5. The molecule has 0 amide bonds. The minimum atomic E-state index is -1.12. The van der Waals surface area contributed by atoms with Gasteiger partial charge in [0.25, 0.3) is 0 Å². The number of nitrogens with one attached hydrogen (secondary N) is 1. The molecule has 1 aliphatic heterocycles. The lowest BCUT2D eigenvalue weighted by Gasteiger charge is -2.29. The number of esters is 1. The molecule has 0 radical (unpaired) electrons. The first kappa shape index (κ1) is 23.2. The summed E-state index contributed by atoms with van der Waals surface area (Å²) in [7, 11) is 1.59. The van der Waals surface area contributed by atoms with Gasteiger partial charge in [-0.2, -0.15) is 0 Å². The van der Waals surface area contributed by atoms with Crippen molar-refractivity contribution < 1.29 is 24.2 Å². The van der Waals surface area contributed by atoms with Crippen LogP contribution in [0.4, 0.5) is 0 Å². The molecule has 32 heavy (non-hydrogen) atoms. The van der Waals surface area contributed by atoms with Crippen molar-refractivity contribution in [2.45, 2.75) is 19.8 Å². The number of benzene rings is 2. The average Bonchev–Trinajstić information content (AvgIpc) is 2.76. The van der Waals surface area contributed by atoms with Crippen LogP contribution in [0.5, 0.6) is 5.75 Å². The van der Waals surface area contributed by atoms with Crippen molar-refractivity contribution in [3.63, 3.8) is 0 Å². The van der Waals surface area contributed by atoms with E-state index in [9.17, 15) is 14.7 Å². The first-order chi connectivity index (χ1) is 15.3. The van der Waals surface area contributed by atoms with Gasteiger partial charge in [-0.1, -0.05) is 41.9 Å². The highest BCUT2D eigenvalue weighted by atomic mass is 35.5. The van der Waals surface area contributed by atoms with E-state index in [1.54, 1.807) is 51.3 Å². The van der Waals surface area contributed by atoms with Gasteiger partial charge < -0.3 is 19.9 Å². The Balaban J connectivity index is 1.84. The number of carboxylic acids is 1. The molecule has 0 bridgehead atoms. The fourth-order valence-corrected chi connectivity index (χ4v) is 3.90. The van der Waals surface area contributed by atoms with E-state index in [2.05, 4.69) is 5.32 Å². The maximum Gasteiger partial charge on any atom is 0.337 e. The van der Waals surface area contributed by atoms with Crippen molar-refractivity contribution in [1.82, 2.24) is 5.32 Å². The van der Waals surface area contributed by atoms with Crippen LogP contribution in [-0.2, 0) is 14.3 Å². The van der Waals surface area contributed by atoms with Crippen LogP contribution in [0.1, 0.15) is 30.9 Å². The number of halogens is 1. The zero-order valence-electron chi connectivity index (χ0n) is 18.0. The van der Waals surface area contributed by atoms with Crippen LogP contribution in [0.15, 0.2) is 77.1 Å². The van der Waals surface area contributed by atoms with Crippen LogP contribution in [-0.4, -0.2) is 30.8 Å². The highest BCUT2D eigenvalue weighted by molar-refractivity contribution is 6.30. The molecule has 166 valence electrons. The highest BCUT2D eigenvalue weighted by Crippen LogP contribution is 2.39. The number of aliphatic carboxylic acids is 1. The van der Waals surface area contributed by atoms with Gasteiger partial charge in [0, 0.05) is 16.4 Å². The zero-order chi connectivity index (χ0) is 23.3. The molecule has 1 heterocycles. The van der Waals surface area contributed by atoms with Gasteiger partial charge >= 0.3 is 11.9 Å². The SMILES string of the molecule is COc1cccc(/C=C/COC(=O)C2=C(C)NC(C)=C(C(=O)O)C2c2cccc(Cl)c2)c1. The Morgan fingerprint density at radius 2 is 1.81 bits per heavy atom.